The van der Waals surface area contributed by atoms with E-state index in [-0.39, 0.29) is 6.42 Å². The lowest BCUT2D eigenvalue weighted by molar-refractivity contribution is -0.136. The fourth-order valence-electron chi connectivity index (χ4n) is 2.60. The predicted molar refractivity (Wildman–Crippen MR) is 65.6 cm³/mol. The van der Waals surface area contributed by atoms with E-state index in [1.807, 2.05) is 6.07 Å². The zero-order valence-electron chi connectivity index (χ0n) is 10.2. The van der Waals surface area contributed by atoms with Crippen LogP contribution in [-0.4, -0.2) is 18.2 Å². The Morgan fingerprint density at radius 2 is 2.06 bits per heavy atom. The molecule has 0 heterocycles. The average molecular weight is 234 g/mol. The molecule has 0 saturated carbocycles. The van der Waals surface area contributed by atoms with Gasteiger partial charge in [-0.25, -0.2) is 0 Å². The molecule has 2 rings (SSSR count). The second kappa shape index (κ2) is 5.21. The third-order valence-electron chi connectivity index (χ3n) is 3.41. The van der Waals surface area contributed by atoms with E-state index in [2.05, 4.69) is 6.07 Å². The second-order valence-corrected chi connectivity index (χ2v) is 4.52. The number of carboxylic acid groups (broad SMARTS) is 1. The summed E-state index contributed by atoms with van der Waals surface area (Å²) >= 11 is 0. The van der Waals surface area contributed by atoms with Gasteiger partial charge >= 0.3 is 5.97 Å². The van der Waals surface area contributed by atoms with Gasteiger partial charge in [0.1, 0.15) is 5.75 Å². The van der Waals surface area contributed by atoms with Gasteiger partial charge in [-0.05, 0) is 42.9 Å². The van der Waals surface area contributed by atoms with E-state index in [0.29, 0.717) is 5.75 Å². The van der Waals surface area contributed by atoms with Gasteiger partial charge in [0.25, 0.3) is 0 Å². The van der Waals surface area contributed by atoms with Crippen molar-refractivity contribution in [2.45, 2.75) is 38.5 Å². The molecule has 0 amide bonds. The number of hydrogen-bond acceptors (Lipinski definition) is 2. The molecule has 0 saturated heterocycles. The van der Waals surface area contributed by atoms with E-state index in [9.17, 15) is 4.79 Å². The molecule has 0 fully saturated rings. The third-order valence-corrected chi connectivity index (χ3v) is 3.41. The molecule has 1 aliphatic carbocycles. The van der Waals surface area contributed by atoms with Gasteiger partial charge < -0.3 is 9.84 Å². The van der Waals surface area contributed by atoms with Crippen molar-refractivity contribution < 1.29 is 14.6 Å². The SMILES string of the molecule is COc1ccc2c(c1CC(=O)O)CCCCC2. The molecule has 1 aliphatic rings. The van der Waals surface area contributed by atoms with E-state index in [0.717, 1.165) is 24.8 Å². The zero-order valence-corrected chi connectivity index (χ0v) is 10.2. The Morgan fingerprint density at radius 3 is 2.76 bits per heavy atom. The van der Waals surface area contributed by atoms with Crippen LogP contribution in [0.2, 0.25) is 0 Å². The minimum Gasteiger partial charge on any atom is -0.496 e. The monoisotopic (exact) mass is 234 g/mol. The Bertz CT molecular complexity index is 424. The first-order chi connectivity index (χ1) is 8.22. The van der Waals surface area contributed by atoms with E-state index < -0.39 is 5.97 Å². The number of carbonyl (C=O) groups is 1. The third kappa shape index (κ3) is 2.60. The molecule has 3 heteroatoms. The number of carboxylic acids is 1. The van der Waals surface area contributed by atoms with Gasteiger partial charge in [0.15, 0.2) is 0 Å². The van der Waals surface area contributed by atoms with Crippen LogP contribution in [0.15, 0.2) is 12.1 Å². The highest BCUT2D eigenvalue weighted by atomic mass is 16.5. The molecule has 0 radical (unpaired) electrons. The van der Waals surface area contributed by atoms with Crippen LogP contribution < -0.4 is 4.74 Å². The summed E-state index contributed by atoms with van der Waals surface area (Å²) in [5.74, 6) is -0.0750. The molecule has 1 aromatic carbocycles. The minimum absolute atomic E-state index is 0.0619. The van der Waals surface area contributed by atoms with Crippen LogP contribution in [0.3, 0.4) is 0 Å². The number of hydrogen-bond donors (Lipinski definition) is 1. The Morgan fingerprint density at radius 1 is 1.29 bits per heavy atom. The topological polar surface area (TPSA) is 46.5 Å². The van der Waals surface area contributed by atoms with Crippen molar-refractivity contribution in [3.05, 3.63) is 28.8 Å². The number of aryl methyl sites for hydroxylation is 1. The molecule has 1 N–H and O–H groups in total. The maximum atomic E-state index is 11.0. The molecule has 1 aromatic rings. The summed E-state index contributed by atoms with van der Waals surface area (Å²) in [5.41, 5.74) is 3.39. The van der Waals surface area contributed by atoms with Gasteiger partial charge in [0, 0.05) is 5.56 Å². The average Bonchev–Trinajstić information content (AvgIpc) is 2.54. The van der Waals surface area contributed by atoms with Crippen LogP contribution in [0.4, 0.5) is 0 Å². The number of methoxy groups -OCH3 is 1. The first-order valence-electron chi connectivity index (χ1n) is 6.12. The van der Waals surface area contributed by atoms with Gasteiger partial charge in [-0.1, -0.05) is 12.5 Å². The maximum Gasteiger partial charge on any atom is 0.307 e. The van der Waals surface area contributed by atoms with Crippen molar-refractivity contribution in [2.75, 3.05) is 7.11 Å². The highest BCUT2D eigenvalue weighted by Gasteiger charge is 2.17. The first-order valence-corrected chi connectivity index (χ1v) is 6.12. The van der Waals surface area contributed by atoms with Crippen molar-refractivity contribution >= 4 is 5.97 Å². The minimum atomic E-state index is -0.791. The Kier molecular flexibility index (Phi) is 3.67. The van der Waals surface area contributed by atoms with E-state index in [1.54, 1.807) is 7.11 Å². The zero-order chi connectivity index (χ0) is 12.3. The van der Waals surface area contributed by atoms with Crippen molar-refractivity contribution in [3.8, 4) is 5.75 Å². The van der Waals surface area contributed by atoms with Gasteiger partial charge in [-0.15, -0.1) is 0 Å². The van der Waals surface area contributed by atoms with Crippen LogP contribution >= 0.6 is 0 Å². The fourth-order valence-corrected chi connectivity index (χ4v) is 2.60. The van der Waals surface area contributed by atoms with Crippen LogP contribution in [0, 0.1) is 0 Å². The first kappa shape index (κ1) is 12.0. The summed E-state index contributed by atoms with van der Waals surface area (Å²) in [5, 5.41) is 9.00. The van der Waals surface area contributed by atoms with E-state index in [1.165, 1.54) is 24.0 Å². The lowest BCUT2D eigenvalue weighted by Gasteiger charge is -2.15. The highest BCUT2D eigenvalue weighted by molar-refractivity contribution is 5.72. The fraction of sp³-hybridized carbons (Fsp3) is 0.500. The summed E-state index contributed by atoms with van der Waals surface area (Å²) < 4.78 is 5.29. The van der Waals surface area contributed by atoms with Crippen LogP contribution in [0.5, 0.6) is 5.75 Å². The molecule has 0 bridgehead atoms. The molecule has 0 spiro atoms. The lowest BCUT2D eigenvalue weighted by atomic mass is 9.94. The van der Waals surface area contributed by atoms with Gasteiger partial charge in [0.2, 0.25) is 0 Å². The number of aliphatic carboxylic acids is 1. The highest BCUT2D eigenvalue weighted by Crippen LogP contribution is 2.30. The predicted octanol–water partition coefficient (Wildman–Crippen LogP) is 2.59. The number of rotatable bonds is 3. The van der Waals surface area contributed by atoms with Gasteiger partial charge in [-0.2, -0.15) is 0 Å². The van der Waals surface area contributed by atoms with Gasteiger partial charge in [0.05, 0.1) is 13.5 Å². The Labute approximate surface area is 101 Å². The molecular weight excluding hydrogens is 216 g/mol. The number of ether oxygens (including phenoxy) is 1. The molecule has 17 heavy (non-hydrogen) atoms. The standard InChI is InChI=1S/C14H18O3/c1-17-13-8-7-10-5-3-2-4-6-11(10)12(13)9-14(15)16/h7-8H,2-6,9H2,1H3,(H,15,16). The Balaban J connectivity index is 2.46. The van der Waals surface area contributed by atoms with Crippen LogP contribution in [0.25, 0.3) is 0 Å². The smallest absolute Gasteiger partial charge is 0.307 e. The quantitative estimate of drug-likeness (QED) is 0.818. The van der Waals surface area contributed by atoms with E-state index in [4.69, 9.17) is 9.84 Å². The second-order valence-electron chi connectivity index (χ2n) is 4.52. The van der Waals surface area contributed by atoms with Crippen LogP contribution in [-0.2, 0) is 24.1 Å². The van der Waals surface area contributed by atoms with Crippen molar-refractivity contribution in [1.82, 2.24) is 0 Å². The molecule has 3 nitrogen and oxygen atoms in total. The van der Waals surface area contributed by atoms with Crippen molar-refractivity contribution in [2.24, 2.45) is 0 Å². The molecular formula is C14H18O3. The normalized spacial score (nSPS) is 14.9. The molecule has 0 aromatic heterocycles. The summed E-state index contributed by atoms with van der Waals surface area (Å²) in [4.78, 5) is 11.0. The largest absolute Gasteiger partial charge is 0.496 e. The molecule has 0 unspecified atom stereocenters. The number of benzene rings is 1. The lowest BCUT2D eigenvalue weighted by Crippen LogP contribution is -2.08. The van der Waals surface area contributed by atoms with Gasteiger partial charge in [-0.3, -0.25) is 4.79 Å². The summed E-state index contributed by atoms with van der Waals surface area (Å²) in [6.45, 7) is 0. The number of fused-ring (bicyclic) bond motifs is 1. The summed E-state index contributed by atoms with van der Waals surface area (Å²) in [7, 11) is 1.60. The maximum absolute atomic E-state index is 11.0. The summed E-state index contributed by atoms with van der Waals surface area (Å²) in [6, 6.07) is 3.99. The van der Waals surface area contributed by atoms with Crippen molar-refractivity contribution in [1.29, 1.82) is 0 Å². The molecule has 0 atom stereocenters. The molecule has 92 valence electrons. The van der Waals surface area contributed by atoms with Crippen LogP contribution in [0.1, 0.15) is 36.0 Å². The summed E-state index contributed by atoms with van der Waals surface area (Å²) in [6.07, 6.45) is 5.68. The Hall–Kier alpha value is -1.51. The molecule has 0 aliphatic heterocycles. The van der Waals surface area contributed by atoms with E-state index >= 15 is 0 Å². The van der Waals surface area contributed by atoms with Crippen molar-refractivity contribution in [3.63, 3.8) is 0 Å².